The number of aromatic nitrogens is 1. The summed E-state index contributed by atoms with van der Waals surface area (Å²) in [4.78, 5) is 33.2. The number of hydrogen-bond acceptors (Lipinski definition) is 7. The van der Waals surface area contributed by atoms with Crippen LogP contribution in [0, 0.1) is 13.8 Å². The number of rotatable bonds is 7. The second-order valence-electron chi connectivity index (χ2n) is 9.24. The van der Waals surface area contributed by atoms with Crippen molar-refractivity contribution >= 4 is 44.1 Å². The van der Waals surface area contributed by atoms with E-state index < -0.39 is 17.7 Å². The van der Waals surface area contributed by atoms with E-state index >= 15 is 0 Å². The Balaban J connectivity index is 1.71. The van der Waals surface area contributed by atoms with Gasteiger partial charge in [-0.3, -0.25) is 14.5 Å². The van der Waals surface area contributed by atoms with Crippen LogP contribution >= 0.6 is 11.3 Å². The van der Waals surface area contributed by atoms with Crippen molar-refractivity contribution in [3.63, 3.8) is 0 Å². The summed E-state index contributed by atoms with van der Waals surface area (Å²) in [5.41, 5.74) is 3.66. The molecule has 0 spiro atoms. The highest BCUT2D eigenvalue weighted by atomic mass is 32.1. The van der Waals surface area contributed by atoms with Crippen molar-refractivity contribution in [1.29, 1.82) is 0 Å². The Bertz CT molecular complexity index is 1590. The van der Waals surface area contributed by atoms with Gasteiger partial charge in [0.05, 0.1) is 35.5 Å². The molecule has 2 heterocycles. The average molecular weight is 529 g/mol. The molecule has 1 aliphatic rings. The Labute approximate surface area is 225 Å². The fraction of sp³-hybridized carbons (Fsp3) is 0.233. The number of ketones is 1. The second-order valence-corrected chi connectivity index (χ2v) is 10.3. The molecule has 1 atom stereocenters. The van der Waals surface area contributed by atoms with Crippen molar-refractivity contribution < 1.29 is 24.2 Å². The first-order valence-electron chi connectivity index (χ1n) is 12.4. The number of methoxy groups -OCH3 is 1. The number of fused-ring (bicyclic) bond motifs is 1. The number of anilines is 1. The highest BCUT2D eigenvalue weighted by Crippen LogP contribution is 2.45. The molecule has 0 radical (unpaired) electrons. The van der Waals surface area contributed by atoms with Crippen LogP contribution in [0.25, 0.3) is 16.0 Å². The van der Waals surface area contributed by atoms with E-state index in [0.717, 1.165) is 27.8 Å². The van der Waals surface area contributed by atoms with E-state index in [1.54, 1.807) is 25.3 Å². The first kappa shape index (κ1) is 25.5. The minimum Gasteiger partial charge on any atom is -0.507 e. The number of thiazole rings is 1. The van der Waals surface area contributed by atoms with Gasteiger partial charge in [-0.2, -0.15) is 0 Å². The summed E-state index contributed by atoms with van der Waals surface area (Å²) in [7, 11) is 1.57. The van der Waals surface area contributed by atoms with Crippen molar-refractivity contribution in [2.75, 3.05) is 18.6 Å². The predicted octanol–water partition coefficient (Wildman–Crippen LogP) is 6.34. The van der Waals surface area contributed by atoms with Gasteiger partial charge in [0, 0.05) is 5.56 Å². The quantitative estimate of drug-likeness (QED) is 0.171. The number of carbonyl (C=O) groups excluding carboxylic acids is 2. The lowest BCUT2D eigenvalue weighted by Crippen LogP contribution is -2.29. The summed E-state index contributed by atoms with van der Waals surface area (Å²) < 4.78 is 12.1. The van der Waals surface area contributed by atoms with Gasteiger partial charge in [0.25, 0.3) is 5.78 Å². The molecule has 4 aromatic rings. The number of aliphatic hydroxyl groups is 1. The lowest BCUT2D eigenvalue weighted by molar-refractivity contribution is -0.132. The van der Waals surface area contributed by atoms with Crippen LogP contribution in [0.15, 0.2) is 66.2 Å². The van der Waals surface area contributed by atoms with E-state index in [2.05, 4.69) is 0 Å². The van der Waals surface area contributed by atoms with Gasteiger partial charge < -0.3 is 14.6 Å². The molecule has 3 aromatic carbocycles. The number of aliphatic hydroxyl groups excluding tert-OH is 1. The van der Waals surface area contributed by atoms with Crippen LogP contribution in [0.5, 0.6) is 11.5 Å². The molecule has 0 bridgehead atoms. The minimum atomic E-state index is -0.885. The van der Waals surface area contributed by atoms with E-state index in [1.165, 1.54) is 16.2 Å². The molecule has 0 aliphatic carbocycles. The fourth-order valence-electron chi connectivity index (χ4n) is 4.64. The SMILES string of the molecule is CCCOc1cccc(C2/C(=C(\O)c3ccc(OC)c(C)c3)C(=O)C(=O)N2c2nc3ccc(C)cc3s2)c1. The maximum atomic E-state index is 13.6. The molecule has 1 saturated heterocycles. The van der Waals surface area contributed by atoms with Crippen molar-refractivity contribution in [2.45, 2.75) is 33.2 Å². The molecule has 38 heavy (non-hydrogen) atoms. The highest BCUT2D eigenvalue weighted by Gasteiger charge is 2.48. The van der Waals surface area contributed by atoms with Crippen LogP contribution in [0.1, 0.15) is 41.6 Å². The van der Waals surface area contributed by atoms with Gasteiger partial charge >= 0.3 is 5.91 Å². The Kier molecular flexibility index (Phi) is 6.91. The van der Waals surface area contributed by atoms with Crippen LogP contribution in [0.4, 0.5) is 5.13 Å². The summed E-state index contributed by atoms with van der Waals surface area (Å²) in [6.45, 7) is 6.39. The predicted molar refractivity (Wildman–Crippen MR) is 149 cm³/mol. The van der Waals surface area contributed by atoms with Gasteiger partial charge in [0.2, 0.25) is 0 Å². The second kappa shape index (κ2) is 10.3. The molecule has 1 aliphatic heterocycles. The number of benzene rings is 3. The van der Waals surface area contributed by atoms with Gasteiger partial charge in [-0.1, -0.05) is 36.5 Å². The molecule has 0 saturated carbocycles. The van der Waals surface area contributed by atoms with Crippen molar-refractivity contribution in [2.24, 2.45) is 0 Å². The minimum absolute atomic E-state index is 0.00245. The van der Waals surface area contributed by atoms with E-state index in [-0.39, 0.29) is 11.3 Å². The fourth-order valence-corrected chi connectivity index (χ4v) is 5.73. The highest BCUT2D eigenvalue weighted by molar-refractivity contribution is 7.22. The van der Waals surface area contributed by atoms with E-state index in [9.17, 15) is 14.7 Å². The molecule has 1 unspecified atom stereocenters. The molecule has 194 valence electrons. The largest absolute Gasteiger partial charge is 0.507 e. The van der Waals surface area contributed by atoms with Crippen LogP contribution in [-0.2, 0) is 9.59 Å². The first-order chi connectivity index (χ1) is 18.3. The van der Waals surface area contributed by atoms with Crippen LogP contribution in [0.3, 0.4) is 0 Å². The van der Waals surface area contributed by atoms with Gasteiger partial charge in [-0.05, 0) is 79.4 Å². The summed E-state index contributed by atoms with van der Waals surface area (Å²) in [5, 5.41) is 11.9. The summed E-state index contributed by atoms with van der Waals surface area (Å²) >= 11 is 1.34. The average Bonchev–Trinajstić information content (AvgIpc) is 3.44. The summed E-state index contributed by atoms with van der Waals surface area (Å²) in [6.07, 6.45) is 0.838. The zero-order valence-corrected chi connectivity index (χ0v) is 22.5. The number of amides is 1. The molecular formula is C30H28N2O5S. The van der Waals surface area contributed by atoms with Gasteiger partial charge in [-0.25, -0.2) is 4.98 Å². The van der Waals surface area contributed by atoms with Crippen LogP contribution < -0.4 is 14.4 Å². The smallest absolute Gasteiger partial charge is 0.301 e. The Morgan fingerprint density at radius 2 is 1.89 bits per heavy atom. The zero-order valence-electron chi connectivity index (χ0n) is 21.6. The molecule has 1 amide bonds. The molecule has 1 fully saturated rings. The standard InChI is InChI=1S/C30H28N2O5S/c1-5-13-37-21-8-6-7-19(16-21)26-25(27(33)20-10-12-23(36-4)18(3)15-20)28(34)29(35)32(26)30-31-22-11-9-17(2)14-24(22)38-30/h6-12,14-16,26,33H,5,13H2,1-4H3/b27-25+. The normalized spacial score (nSPS) is 16.8. The van der Waals surface area contributed by atoms with Crippen LogP contribution in [-0.4, -0.2) is 35.5 Å². The Morgan fingerprint density at radius 1 is 1.08 bits per heavy atom. The maximum Gasteiger partial charge on any atom is 0.301 e. The number of Topliss-reactive ketones (excluding diaryl/α,β-unsaturated/α-hetero) is 1. The molecule has 1 N–H and O–H groups in total. The zero-order chi connectivity index (χ0) is 27.0. The van der Waals surface area contributed by atoms with E-state index in [0.29, 0.717) is 34.4 Å². The van der Waals surface area contributed by atoms with Gasteiger partial charge in [0.1, 0.15) is 17.3 Å². The summed E-state index contributed by atoms with van der Waals surface area (Å²) in [6, 6.07) is 17.4. The first-order valence-corrected chi connectivity index (χ1v) is 13.2. The molecular weight excluding hydrogens is 500 g/mol. The third-order valence-corrected chi connectivity index (χ3v) is 7.52. The lowest BCUT2D eigenvalue weighted by atomic mass is 9.94. The van der Waals surface area contributed by atoms with E-state index in [1.807, 2.05) is 63.2 Å². The number of nitrogens with zero attached hydrogens (tertiary/aromatic N) is 2. The maximum absolute atomic E-state index is 13.6. The number of hydrogen-bond donors (Lipinski definition) is 1. The van der Waals surface area contributed by atoms with E-state index in [4.69, 9.17) is 14.5 Å². The monoisotopic (exact) mass is 528 g/mol. The third-order valence-electron chi connectivity index (χ3n) is 6.50. The summed E-state index contributed by atoms with van der Waals surface area (Å²) in [5.74, 6) is -0.480. The Hall–Kier alpha value is -4.17. The molecule has 7 nitrogen and oxygen atoms in total. The van der Waals surface area contributed by atoms with Crippen molar-refractivity contribution in [3.8, 4) is 11.5 Å². The molecule has 1 aromatic heterocycles. The van der Waals surface area contributed by atoms with Crippen LogP contribution in [0.2, 0.25) is 0 Å². The number of ether oxygens (including phenoxy) is 2. The van der Waals surface area contributed by atoms with Crippen molar-refractivity contribution in [3.05, 3.63) is 88.5 Å². The molecule has 8 heteroatoms. The third kappa shape index (κ3) is 4.52. The topological polar surface area (TPSA) is 89.0 Å². The van der Waals surface area contributed by atoms with Gasteiger partial charge in [-0.15, -0.1) is 0 Å². The lowest BCUT2D eigenvalue weighted by Gasteiger charge is -2.23. The van der Waals surface area contributed by atoms with Gasteiger partial charge in [0.15, 0.2) is 5.13 Å². The van der Waals surface area contributed by atoms with Crippen molar-refractivity contribution in [1.82, 2.24) is 4.98 Å². The number of aryl methyl sites for hydroxylation is 2. The number of carbonyl (C=O) groups is 2. The Morgan fingerprint density at radius 3 is 2.63 bits per heavy atom. The molecule has 5 rings (SSSR count).